The zero-order valence-electron chi connectivity index (χ0n) is 5.57. The second-order valence-electron chi connectivity index (χ2n) is 2.06. The first kappa shape index (κ1) is 6.09. The van der Waals surface area contributed by atoms with Crippen molar-refractivity contribution in [3.63, 3.8) is 0 Å². The minimum Gasteiger partial charge on any atom is -0.420 e. The molecule has 56 valence electrons. The minimum atomic E-state index is -0.313. The van der Waals surface area contributed by atoms with Gasteiger partial charge in [-0.05, 0) is 0 Å². The van der Waals surface area contributed by atoms with Gasteiger partial charge in [0.15, 0.2) is 11.6 Å². The lowest BCUT2D eigenvalue weighted by Crippen LogP contribution is -2.25. The standard InChI is InChI=1S/C6H5N3O2/c10-5-2-8-6-4(11-5)1-7-3-9-6/h1,3H,2H2,(H,7,8,9). The van der Waals surface area contributed by atoms with Gasteiger partial charge < -0.3 is 10.1 Å². The smallest absolute Gasteiger partial charge is 0.330 e. The Morgan fingerprint density at radius 1 is 1.64 bits per heavy atom. The van der Waals surface area contributed by atoms with Crippen molar-refractivity contribution in [1.82, 2.24) is 9.97 Å². The Morgan fingerprint density at radius 2 is 2.55 bits per heavy atom. The largest absolute Gasteiger partial charge is 0.420 e. The summed E-state index contributed by atoms with van der Waals surface area (Å²) in [5, 5.41) is 2.79. The fraction of sp³-hybridized carbons (Fsp3) is 0.167. The molecule has 0 saturated carbocycles. The lowest BCUT2D eigenvalue weighted by Gasteiger charge is -2.14. The number of fused-ring (bicyclic) bond motifs is 1. The van der Waals surface area contributed by atoms with Crippen LogP contribution in [0.3, 0.4) is 0 Å². The number of hydrogen-bond donors (Lipinski definition) is 1. The summed E-state index contributed by atoms with van der Waals surface area (Å²) in [6, 6.07) is 0. The molecule has 1 aromatic rings. The van der Waals surface area contributed by atoms with E-state index in [2.05, 4.69) is 15.3 Å². The van der Waals surface area contributed by atoms with Gasteiger partial charge in [-0.1, -0.05) is 0 Å². The molecule has 2 heterocycles. The summed E-state index contributed by atoms with van der Waals surface area (Å²) in [6.07, 6.45) is 2.84. The van der Waals surface area contributed by atoms with E-state index in [1.165, 1.54) is 12.5 Å². The van der Waals surface area contributed by atoms with Crippen molar-refractivity contribution in [2.24, 2.45) is 0 Å². The van der Waals surface area contributed by atoms with Crippen LogP contribution in [0.2, 0.25) is 0 Å². The predicted octanol–water partition coefficient (Wildman–Crippen LogP) is -0.193. The first-order valence-corrected chi connectivity index (χ1v) is 3.11. The van der Waals surface area contributed by atoms with Crippen molar-refractivity contribution in [2.45, 2.75) is 0 Å². The number of ether oxygens (including phenoxy) is 1. The maximum absolute atomic E-state index is 10.7. The predicted molar refractivity (Wildman–Crippen MR) is 36.2 cm³/mol. The van der Waals surface area contributed by atoms with Crippen LogP contribution < -0.4 is 10.1 Å². The zero-order valence-corrected chi connectivity index (χ0v) is 5.57. The summed E-state index contributed by atoms with van der Waals surface area (Å²) in [5.41, 5.74) is 0. The number of nitrogens with one attached hydrogen (secondary N) is 1. The van der Waals surface area contributed by atoms with Crippen LogP contribution in [0.15, 0.2) is 12.5 Å². The van der Waals surface area contributed by atoms with Gasteiger partial charge in [-0.25, -0.2) is 14.8 Å². The second-order valence-corrected chi connectivity index (χ2v) is 2.06. The van der Waals surface area contributed by atoms with E-state index in [9.17, 15) is 4.79 Å². The first-order chi connectivity index (χ1) is 5.36. The summed E-state index contributed by atoms with van der Waals surface area (Å²) in [6.45, 7) is 0.171. The number of carbonyl (C=O) groups excluding carboxylic acids is 1. The molecule has 0 radical (unpaired) electrons. The Balaban J connectivity index is 2.41. The molecule has 1 aliphatic rings. The Bertz CT molecular complexity index is 300. The van der Waals surface area contributed by atoms with Gasteiger partial charge in [-0.2, -0.15) is 0 Å². The summed E-state index contributed by atoms with van der Waals surface area (Å²) in [5.74, 6) is 0.649. The molecule has 0 bridgehead atoms. The van der Waals surface area contributed by atoms with E-state index in [4.69, 9.17) is 4.74 Å². The zero-order chi connectivity index (χ0) is 7.68. The van der Waals surface area contributed by atoms with Crippen molar-refractivity contribution in [3.05, 3.63) is 12.5 Å². The molecule has 1 aliphatic heterocycles. The number of anilines is 1. The number of nitrogens with zero attached hydrogens (tertiary/aromatic N) is 2. The highest BCUT2D eigenvalue weighted by atomic mass is 16.5. The molecular weight excluding hydrogens is 146 g/mol. The summed E-state index contributed by atoms with van der Waals surface area (Å²) in [7, 11) is 0. The topological polar surface area (TPSA) is 64.1 Å². The van der Waals surface area contributed by atoms with Crippen LogP contribution >= 0.6 is 0 Å². The van der Waals surface area contributed by atoms with Gasteiger partial charge >= 0.3 is 5.97 Å². The molecule has 1 N–H and O–H groups in total. The van der Waals surface area contributed by atoms with Crippen LogP contribution in [0.5, 0.6) is 5.75 Å². The maximum Gasteiger partial charge on any atom is 0.330 e. The van der Waals surface area contributed by atoms with Crippen molar-refractivity contribution < 1.29 is 9.53 Å². The highest BCUT2D eigenvalue weighted by Crippen LogP contribution is 2.21. The lowest BCUT2D eigenvalue weighted by atomic mass is 10.4. The lowest BCUT2D eigenvalue weighted by molar-refractivity contribution is -0.132. The fourth-order valence-electron chi connectivity index (χ4n) is 0.839. The van der Waals surface area contributed by atoms with Gasteiger partial charge in [0.05, 0.1) is 6.20 Å². The van der Waals surface area contributed by atoms with Crippen LogP contribution in [0.1, 0.15) is 0 Å². The highest BCUT2D eigenvalue weighted by molar-refractivity contribution is 5.81. The molecule has 0 aliphatic carbocycles. The van der Waals surface area contributed by atoms with Crippen LogP contribution in [0.25, 0.3) is 0 Å². The van der Waals surface area contributed by atoms with Gasteiger partial charge in [0, 0.05) is 0 Å². The fourth-order valence-corrected chi connectivity index (χ4v) is 0.839. The Kier molecular flexibility index (Phi) is 1.21. The number of aromatic nitrogens is 2. The van der Waals surface area contributed by atoms with E-state index in [-0.39, 0.29) is 12.5 Å². The van der Waals surface area contributed by atoms with Crippen molar-refractivity contribution in [2.75, 3.05) is 11.9 Å². The van der Waals surface area contributed by atoms with Gasteiger partial charge in [0.25, 0.3) is 0 Å². The Morgan fingerprint density at radius 3 is 3.45 bits per heavy atom. The number of esters is 1. The van der Waals surface area contributed by atoms with E-state index in [1.54, 1.807) is 0 Å². The van der Waals surface area contributed by atoms with E-state index in [0.717, 1.165) is 0 Å². The first-order valence-electron chi connectivity index (χ1n) is 3.11. The number of hydrogen-bond acceptors (Lipinski definition) is 5. The molecule has 0 aromatic carbocycles. The molecule has 0 atom stereocenters. The molecular formula is C6H5N3O2. The Hall–Kier alpha value is -1.65. The maximum atomic E-state index is 10.7. The van der Waals surface area contributed by atoms with Gasteiger partial charge in [-0.15, -0.1) is 0 Å². The number of carbonyl (C=O) groups is 1. The van der Waals surface area contributed by atoms with E-state index < -0.39 is 0 Å². The third kappa shape index (κ3) is 1.000. The summed E-state index contributed by atoms with van der Waals surface area (Å²) >= 11 is 0. The minimum absolute atomic E-state index is 0.171. The van der Waals surface area contributed by atoms with Crippen LogP contribution in [-0.4, -0.2) is 22.5 Å². The van der Waals surface area contributed by atoms with Crippen molar-refractivity contribution in [3.8, 4) is 5.75 Å². The third-order valence-electron chi connectivity index (χ3n) is 1.30. The van der Waals surface area contributed by atoms with Crippen molar-refractivity contribution in [1.29, 1.82) is 0 Å². The van der Waals surface area contributed by atoms with E-state index in [1.807, 2.05) is 0 Å². The van der Waals surface area contributed by atoms with Gasteiger partial charge in [0.1, 0.15) is 12.9 Å². The molecule has 11 heavy (non-hydrogen) atoms. The third-order valence-corrected chi connectivity index (χ3v) is 1.30. The average molecular weight is 151 g/mol. The average Bonchev–Trinajstić information content (AvgIpc) is 2.04. The molecule has 1 aromatic heterocycles. The Labute approximate surface area is 62.4 Å². The van der Waals surface area contributed by atoms with Gasteiger partial charge in [-0.3, -0.25) is 0 Å². The highest BCUT2D eigenvalue weighted by Gasteiger charge is 2.16. The quantitative estimate of drug-likeness (QED) is 0.520. The van der Waals surface area contributed by atoms with Crippen LogP contribution in [0.4, 0.5) is 5.82 Å². The molecule has 5 nitrogen and oxygen atoms in total. The number of rotatable bonds is 0. The van der Waals surface area contributed by atoms with Crippen LogP contribution in [-0.2, 0) is 4.79 Å². The van der Waals surface area contributed by atoms with Crippen molar-refractivity contribution >= 4 is 11.8 Å². The monoisotopic (exact) mass is 151 g/mol. The molecule has 2 rings (SSSR count). The normalized spacial score (nSPS) is 14.7. The molecule has 5 heteroatoms. The van der Waals surface area contributed by atoms with E-state index >= 15 is 0 Å². The molecule has 0 fully saturated rings. The summed E-state index contributed by atoms with van der Waals surface area (Å²) < 4.78 is 4.81. The van der Waals surface area contributed by atoms with Gasteiger partial charge in [0.2, 0.25) is 0 Å². The molecule has 0 unspecified atom stereocenters. The molecule has 0 amide bonds. The second kappa shape index (κ2) is 2.19. The van der Waals surface area contributed by atoms with E-state index in [0.29, 0.717) is 11.6 Å². The molecule has 0 spiro atoms. The molecule has 0 saturated heterocycles. The SMILES string of the molecule is O=C1CNc2ncncc2O1. The van der Waals surface area contributed by atoms with Crippen LogP contribution in [0, 0.1) is 0 Å². The summed E-state index contributed by atoms with van der Waals surface area (Å²) in [4.78, 5) is 18.2.